The summed E-state index contributed by atoms with van der Waals surface area (Å²) in [5, 5.41) is 8.36. The van der Waals surface area contributed by atoms with Gasteiger partial charge in [-0.15, -0.1) is 10.2 Å². The summed E-state index contributed by atoms with van der Waals surface area (Å²) < 4.78 is 21.5. The molecule has 0 amide bonds. The van der Waals surface area contributed by atoms with Crippen molar-refractivity contribution >= 4 is 11.4 Å². The third-order valence-electron chi connectivity index (χ3n) is 5.34. The summed E-state index contributed by atoms with van der Waals surface area (Å²) in [6.45, 7) is 1.58. The van der Waals surface area contributed by atoms with Crippen molar-refractivity contribution in [3.63, 3.8) is 0 Å². The maximum Gasteiger partial charge on any atom is 0.168 e. The first-order valence-corrected chi connectivity index (χ1v) is 10.1. The molecule has 6 nitrogen and oxygen atoms in total. The maximum atomic E-state index is 14.3. The molecule has 0 aliphatic rings. The van der Waals surface area contributed by atoms with Crippen molar-refractivity contribution in [1.29, 1.82) is 0 Å². The van der Waals surface area contributed by atoms with Crippen molar-refractivity contribution in [3.05, 3.63) is 77.8 Å². The summed E-state index contributed by atoms with van der Waals surface area (Å²) in [4.78, 5) is 15.7. The zero-order valence-corrected chi connectivity index (χ0v) is 17.5. The standard InChI is InChI=1S/C24H23FN4O2/c1-16(30)6-8-18-9-7-17(14-26-18)20-12-10-19(29-15-27-28-24(20)29)11-13-21-22(25)4-3-5-23(21)31-2/h3-5,7,9-10,12,14-15H,6,8,11,13H2,1-2H3. The number of aromatic nitrogens is 4. The molecule has 0 N–H and O–H groups in total. The number of methoxy groups -OCH3 is 1. The lowest BCUT2D eigenvalue weighted by molar-refractivity contribution is -0.117. The molecule has 0 fully saturated rings. The van der Waals surface area contributed by atoms with E-state index in [1.54, 1.807) is 38.7 Å². The molecule has 7 heteroatoms. The van der Waals surface area contributed by atoms with Crippen LogP contribution in [0.2, 0.25) is 0 Å². The summed E-state index contributed by atoms with van der Waals surface area (Å²) in [6, 6.07) is 12.8. The minimum absolute atomic E-state index is 0.152. The molecule has 4 rings (SSSR count). The van der Waals surface area contributed by atoms with Crippen molar-refractivity contribution in [2.45, 2.75) is 32.6 Å². The number of benzene rings is 1. The van der Waals surface area contributed by atoms with Crippen molar-refractivity contribution in [2.24, 2.45) is 0 Å². The highest BCUT2D eigenvalue weighted by molar-refractivity contribution is 5.77. The molecule has 4 aromatic rings. The number of aryl methyl sites for hydroxylation is 2. The molecule has 158 valence electrons. The van der Waals surface area contributed by atoms with Gasteiger partial charge in [0.15, 0.2) is 5.65 Å². The van der Waals surface area contributed by atoms with Crippen LogP contribution in [0.1, 0.15) is 30.3 Å². The Bertz CT molecular complexity index is 1220. The number of fused-ring (bicyclic) bond motifs is 1. The van der Waals surface area contributed by atoms with Crippen molar-refractivity contribution < 1.29 is 13.9 Å². The largest absolute Gasteiger partial charge is 0.496 e. The first-order valence-electron chi connectivity index (χ1n) is 10.1. The van der Waals surface area contributed by atoms with E-state index < -0.39 is 0 Å². The molecular formula is C24H23FN4O2. The zero-order chi connectivity index (χ0) is 21.8. The van der Waals surface area contributed by atoms with Crippen molar-refractivity contribution in [1.82, 2.24) is 19.6 Å². The molecule has 3 heterocycles. The molecule has 0 bridgehead atoms. The Kier molecular flexibility index (Phi) is 6.02. The number of ketones is 1. The van der Waals surface area contributed by atoms with Crippen LogP contribution in [-0.2, 0) is 24.1 Å². The van der Waals surface area contributed by atoms with E-state index in [1.807, 2.05) is 28.7 Å². The van der Waals surface area contributed by atoms with Gasteiger partial charge in [0.2, 0.25) is 0 Å². The Labute approximate surface area is 179 Å². The molecule has 0 saturated carbocycles. The molecule has 0 aliphatic heterocycles. The van der Waals surface area contributed by atoms with Gasteiger partial charge in [-0.25, -0.2) is 4.39 Å². The lowest BCUT2D eigenvalue weighted by atomic mass is 10.0. The van der Waals surface area contributed by atoms with Crippen LogP contribution in [0.25, 0.3) is 16.8 Å². The van der Waals surface area contributed by atoms with Gasteiger partial charge >= 0.3 is 0 Å². The van der Waals surface area contributed by atoms with Gasteiger partial charge in [-0.05, 0) is 56.5 Å². The number of halogens is 1. The number of hydrogen-bond acceptors (Lipinski definition) is 5. The van der Waals surface area contributed by atoms with Gasteiger partial charge in [0.25, 0.3) is 0 Å². The highest BCUT2D eigenvalue weighted by Gasteiger charge is 2.13. The van der Waals surface area contributed by atoms with Gasteiger partial charge in [0.05, 0.1) is 7.11 Å². The predicted octanol–water partition coefficient (Wildman–Crippen LogP) is 4.25. The SMILES string of the molecule is COc1cccc(F)c1CCc1ccc(-c2ccc(CCC(C)=O)nc2)c2nncn12. The van der Waals surface area contributed by atoms with E-state index in [0.29, 0.717) is 37.0 Å². The molecular weight excluding hydrogens is 395 g/mol. The number of carbonyl (C=O) groups excluding carboxylic acids is 1. The Morgan fingerprint density at radius 2 is 1.97 bits per heavy atom. The lowest BCUT2D eigenvalue weighted by Gasteiger charge is -2.12. The first-order chi connectivity index (χ1) is 15.1. The minimum Gasteiger partial charge on any atom is -0.496 e. The molecule has 0 atom stereocenters. The average molecular weight is 418 g/mol. The first kappa shape index (κ1) is 20.7. The molecule has 0 saturated heterocycles. The summed E-state index contributed by atoms with van der Waals surface area (Å²) in [7, 11) is 1.55. The minimum atomic E-state index is -0.271. The molecule has 0 spiro atoms. The normalized spacial score (nSPS) is 11.1. The van der Waals surface area contributed by atoms with E-state index in [-0.39, 0.29) is 11.6 Å². The summed E-state index contributed by atoms with van der Waals surface area (Å²) in [5.74, 6) is 0.430. The van der Waals surface area contributed by atoms with Crippen LogP contribution in [-0.4, -0.2) is 32.5 Å². The lowest BCUT2D eigenvalue weighted by Crippen LogP contribution is -2.03. The highest BCUT2D eigenvalue weighted by Crippen LogP contribution is 2.26. The maximum absolute atomic E-state index is 14.3. The molecule has 3 aromatic heterocycles. The number of hydrogen-bond donors (Lipinski definition) is 0. The Hall–Kier alpha value is -3.61. The summed E-state index contributed by atoms with van der Waals surface area (Å²) >= 11 is 0. The van der Waals surface area contributed by atoms with E-state index in [0.717, 1.165) is 28.2 Å². The van der Waals surface area contributed by atoms with Gasteiger partial charge in [-0.2, -0.15) is 0 Å². The van der Waals surface area contributed by atoms with Gasteiger partial charge in [0.1, 0.15) is 23.7 Å². The van der Waals surface area contributed by atoms with Crippen LogP contribution in [0.5, 0.6) is 5.75 Å². The Balaban J connectivity index is 1.59. The van der Waals surface area contributed by atoms with Crippen LogP contribution in [0, 0.1) is 5.82 Å². The van der Waals surface area contributed by atoms with E-state index in [9.17, 15) is 9.18 Å². The van der Waals surface area contributed by atoms with E-state index >= 15 is 0 Å². The Morgan fingerprint density at radius 3 is 2.71 bits per heavy atom. The predicted molar refractivity (Wildman–Crippen MR) is 116 cm³/mol. The van der Waals surface area contributed by atoms with Gasteiger partial charge in [0, 0.05) is 40.7 Å². The second-order valence-corrected chi connectivity index (χ2v) is 7.42. The third kappa shape index (κ3) is 4.45. The molecule has 1 aromatic carbocycles. The topological polar surface area (TPSA) is 69.4 Å². The molecule has 0 radical (unpaired) electrons. The number of rotatable bonds is 8. The number of carbonyl (C=O) groups is 1. The summed E-state index contributed by atoms with van der Waals surface area (Å²) in [5.41, 5.74) is 4.96. The van der Waals surface area contributed by atoms with Crippen LogP contribution in [0.3, 0.4) is 0 Å². The average Bonchev–Trinajstić information content (AvgIpc) is 3.27. The zero-order valence-electron chi connectivity index (χ0n) is 17.5. The van der Waals surface area contributed by atoms with Gasteiger partial charge < -0.3 is 9.53 Å². The van der Waals surface area contributed by atoms with Crippen LogP contribution in [0.4, 0.5) is 4.39 Å². The fourth-order valence-corrected chi connectivity index (χ4v) is 3.65. The second-order valence-electron chi connectivity index (χ2n) is 7.42. The van der Waals surface area contributed by atoms with E-state index in [2.05, 4.69) is 15.2 Å². The number of pyridine rings is 2. The summed E-state index contributed by atoms with van der Waals surface area (Å²) in [6.07, 6.45) is 5.69. The van der Waals surface area contributed by atoms with Crippen molar-refractivity contribution in [3.8, 4) is 16.9 Å². The van der Waals surface area contributed by atoms with Gasteiger partial charge in [-0.1, -0.05) is 12.1 Å². The van der Waals surface area contributed by atoms with Crippen LogP contribution in [0.15, 0.2) is 55.0 Å². The van der Waals surface area contributed by atoms with Gasteiger partial charge in [-0.3, -0.25) is 9.38 Å². The Morgan fingerprint density at radius 1 is 1.10 bits per heavy atom. The number of Topliss-reactive ketones (excluding diaryl/α,β-unsaturated/α-hetero) is 1. The van der Waals surface area contributed by atoms with Crippen LogP contribution < -0.4 is 4.74 Å². The highest BCUT2D eigenvalue weighted by atomic mass is 19.1. The third-order valence-corrected chi connectivity index (χ3v) is 5.34. The van der Waals surface area contributed by atoms with E-state index in [4.69, 9.17) is 4.74 Å². The molecule has 31 heavy (non-hydrogen) atoms. The quantitative estimate of drug-likeness (QED) is 0.428. The van der Waals surface area contributed by atoms with Crippen molar-refractivity contribution in [2.75, 3.05) is 7.11 Å². The molecule has 0 unspecified atom stereocenters. The number of nitrogens with zero attached hydrogens (tertiary/aromatic N) is 4. The van der Waals surface area contributed by atoms with Crippen LogP contribution >= 0.6 is 0 Å². The second kappa shape index (κ2) is 9.04. The number of ether oxygens (including phenoxy) is 1. The molecule has 0 aliphatic carbocycles. The fourth-order valence-electron chi connectivity index (χ4n) is 3.65. The van der Waals surface area contributed by atoms with E-state index in [1.165, 1.54) is 6.07 Å². The fraction of sp³-hybridized carbons (Fsp3) is 0.250. The smallest absolute Gasteiger partial charge is 0.168 e. The monoisotopic (exact) mass is 418 g/mol.